The lowest BCUT2D eigenvalue weighted by atomic mass is 10.2. The van der Waals surface area contributed by atoms with Crippen molar-refractivity contribution in [2.75, 3.05) is 0 Å². The summed E-state index contributed by atoms with van der Waals surface area (Å²) < 4.78 is 0. The molecule has 15 heavy (non-hydrogen) atoms. The lowest BCUT2D eigenvalue weighted by Gasteiger charge is -1.98. The average molecular weight is 206 g/mol. The monoisotopic (exact) mass is 206 g/mol. The Morgan fingerprint density at radius 3 is 2.93 bits per heavy atom. The number of phenolic OH excluding ortho intramolecular Hbond substituents is 1. The molecule has 0 aromatic heterocycles. The second-order valence-electron chi connectivity index (χ2n) is 3.10. The van der Waals surface area contributed by atoms with E-state index in [4.69, 9.17) is 0 Å². The van der Waals surface area contributed by atoms with Crippen LogP contribution in [0.1, 0.15) is 25.3 Å². The molecular formula is C11H14N2O2. The minimum absolute atomic E-state index is 0.121. The van der Waals surface area contributed by atoms with E-state index >= 15 is 0 Å². The molecule has 0 radical (unpaired) electrons. The van der Waals surface area contributed by atoms with Crippen LogP contribution in [0.5, 0.6) is 5.75 Å². The van der Waals surface area contributed by atoms with Crippen LogP contribution in [0.4, 0.5) is 0 Å². The highest BCUT2D eigenvalue weighted by Crippen LogP contribution is 2.12. The molecule has 80 valence electrons. The molecule has 0 atom stereocenters. The molecular weight excluding hydrogens is 192 g/mol. The summed E-state index contributed by atoms with van der Waals surface area (Å²) in [4.78, 5) is 11.0. The van der Waals surface area contributed by atoms with Gasteiger partial charge < -0.3 is 5.11 Å². The third-order valence-corrected chi connectivity index (χ3v) is 1.81. The van der Waals surface area contributed by atoms with E-state index < -0.39 is 0 Å². The quantitative estimate of drug-likeness (QED) is 0.581. The molecule has 1 amide bonds. The van der Waals surface area contributed by atoms with Gasteiger partial charge in [-0.2, -0.15) is 5.10 Å². The van der Waals surface area contributed by atoms with Crippen molar-refractivity contribution in [2.45, 2.75) is 19.8 Å². The second kappa shape index (κ2) is 5.80. The van der Waals surface area contributed by atoms with Gasteiger partial charge in [0.15, 0.2) is 0 Å². The van der Waals surface area contributed by atoms with E-state index in [2.05, 4.69) is 10.5 Å². The van der Waals surface area contributed by atoms with Gasteiger partial charge in [0.2, 0.25) is 5.91 Å². The van der Waals surface area contributed by atoms with Crippen molar-refractivity contribution in [3.63, 3.8) is 0 Å². The van der Waals surface area contributed by atoms with E-state index in [9.17, 15) is 9.90 Å². The Bertz CT molecular complexity index is 361. The first-order valence-electron chi connectivity index (χ1n) is 4.84. The van der Waals surface area contributed by atoms with E-state index in [0.29, 0.717) is 12.0 Å². The number of nitrogens with zero attached hydrogens (tertiary/aromatic N) is 1. The number of carbonyl (C=O) groups is 1. The number of benzene rings is 1. The molecule has 0 saturated heterocycles. The molecule has 0 unspecified atom stereocenters. The third kappa shape index (κ3) is 3.81. The fourth-order valence-corrected chi connectivity index (χ4v) is 1.05. The summed E-state index contributed by atoms with van der Waals surface area (Å²) in [6.07, 6.45) is 2.67. The molecule has 2 N–H and O–H groups in total. The Hall–Kier alpha value is -1.84. The molecule has 0 fully saturated rings. The van der Waals surface area contributed by atoms with Crippen LogP contribution in [0.3, 0.4) is 0 Å². The van der Waals surface area contributed by atoms with Crippen molar-refractivity contribution >= 4 is 12.1 Å². The minimum atomic E-state index is -0.121. The molecule has 0 heterocycles. The summed E-state index contributed by atoms with van der Waals surface area (Å²) in [7, 11) is 0. The number of hydrogen-bond acceptors (Lipinski definition) is 3. The van der Waals surface area contributed by atoms with Crippen LogP contribution in [-0.4, -0.2) is 17.2 Å². The van der Waals surface area contributed by atoms with E-state index in [1.807, 2.05) is 6.92 Å². The smallest absolute Gasteiger partial charge is 0.240 e. The second-order valence-corrected chi connectivity index (χ2v) is 3.10. The molecule has 1 aromatic carbocycles. The van der Waals surface area contributed by atoms with Gasteiger partial charge >= 0.3 is 0 Å². The van der Waals surface area contributed by atoms with Gasteiger partial charge in [-0.25, -0.2) is 5.43 Å². The number of aromatic hydroxyl groups is 1. The predicted octanol–water partition coefficient (Wildman–Crippen LogP) is 1.64. The van der Waals surface area contributed by atoms with E-state index in [0.717, 1.165) is 6.42 Å². The number of rotatable bonds is 4. The first kappa shape index (κ1) is 11.2. The van der Waals surface area contributed by atoms with Gasteiger partial charge in [-0.05, 0) is 18.6 Å². The topological polar surface area (TPSA) is 61.7 Å². The van der Waals surface area contributed by atoms with E-state index in [1.165, 1.54) is 6.21 Å². The van der Waals surface area contributed by atoms with E-state index in [-0.39, 0.29) is 11.7 Å². The zero-order chi connectivity index (χ0) is 11.1. The van der Waals surface area contributed by atoms with Gasteiger partial charge in [0.05, 0.1) is 6.21 Å². The molecule has 4 nitrogen and oxygen atoms in total. The average Bonchev–Trinajstić information content (AvgIpc) is 2.21. The van der Waals surface area contributed by atoms with Gasteiger partial charge in [-0.3, -0.25) is 4.79 Å². The molecule has 1 rings (SSSR count). The van der Waals surface area contributed by atoms with Crippen molar-refractivity contribution in [3.8, 4) is 5.75 Å². The van der Waals surface area contributed by atoms with Gasteiger partial charge in [0.25, 0.3) is 0 Å². The highest BCUT2D eigenvalue weighted by atomic mass is 16.3. The SMILES string of the molecule is CCCC(=O)NN=Cc1ccccc1O. The summed E-state index contributed by atoms with van der Waals surface area (Å²) >= 11 is 0. The first-order valence-corrected chi connectivity index (χ1v) is 4.84. The Kier molecular flexibility index (Phi) is 4.34. The Morgan fingerprint density at radius 2 is 2.27 bits per heavy atom. The summed E-state index contributed by atoms with van der Waals surface area (Å²) in [6, 6.07) is 6.79. The lowest BCUT2D eigenvalue weighted by Crippen LogP contribution is -2.16. The molecule has 0 aliphatic rings. The summed E-state index contributed by atoms with van der Waals surface area (Å²) in [5.74, 6) is 0.0233. The van der Waals surface area contributed by atoms with Crippen molar-refractivity contribution < 1.29 is 9.90 Å². The van der Waals surface area contributed by atoms with Crippen LogP contribution in [0.15, 0.2) is 29.4 Å². The number of hydrogen-bond donors (Lipinski definition) is 2. The Labute approximate surface area is 88.6 Å². The van der Waals surface area contributed by atoms with Crippen molar-refractivity contribution in [2.24, 2.45) is 5.10 Å². The zero-order valence-electron chi connectivity index (χ0n) is 8.60. The van der Waals surface area contributed by atoms with Gasteiger partial charge in [0, 0.05) is 12.0 Å². The molecule has 1 aromatic rings. The maximum absolute atomic E-state index is 11.0. The number of para-hydroxylation sites is 1. The molecule has 0 aliphatic heterocycles. The number of hydrazone groups is 1. The van der Waals surface area contributed by atoms with E-state index in [1.54, 1.807) is 24.3 Å². The van der Waals surface area contributed by atoms with Crippen molar-refractivity contribution in [1.82, 2.24) is 5.43 Å². The van der Waals surface area contributed by atoms with Crippen LogP contribution < -0.4 is 5.43 Å². The molecule has 0 spiro atoms. The minimum Gasteiger partial charge on any atom is -0.507 e. The third-order valence-electron chi connectivity index (χ3n) is 1.81. The lowest BCUT2D eigenvalue weighted by molar-refractivity contribution is -0.121. The Morgan fingerprint density at radius 1 is 1.53 bits per heavy atom. The largest absolute Gasteiger partial charge is 0.507 e. The fourth-order valence-electron chi connectivity index (χ4n) is 1.05. The first-order chi connectivity index (χ1) is 7.24. The zero-order valence-corrected chi connectivity index (χ0v) is 8.60. The molecule has 4 heteroatoms. The summed E-state index contributed by atoms with van der Waals surface area (Å²) in [5, 5.41) is 13.1. The molecule has 0 saturated carbocycles. The number of carbonyl (C=O) groups excluding carboxylic acids is 1. The van der Waals surface area contributed by atoms with Crippen LogP contribution >= 0.6 is 0 Å². The van der Waals surface area contributed by atoms with Crippen LogP contribution in [0.2, 0.25) is 0 Å². The van der Waals surface area contributed by atoms with Crippen molar-refractivity contribution in [1.29, 1.82) is 0 Å². The normalized spacial score (nSPS) is 10.5. The fraction of sp³-hybridized carbons (Fsp3) is 0.273. The van der Waals surface area contributed by atoms with Gasteiger partial charge in [-0.1, -0.05) is 19.1 Å². The molecule has 0 aliphatic carbocycles. The van der Waals surface area contributed by atoms with Crippen LogP contribution in [0, 0.1) is 0 Å². The van der Waals surface area contributed by atoms with Crippen LogP contribution in [-0.2, 0) is 4.79 Å². The van der Waals surface area contributed by atoms with Crippen molar-refractivity contribution in [3.05, 3.63) is 29.8 Å². The summed E-state index contributed by atoms with van der Waals surface area (Å²) in [6.45, 7) is 1.92. The number of phenols is 1. The number of amides is 1. The standard InChI is InChI=1S/C11H14N2O2/c1-2-5-11(15)13-12-8-9-6-3-4-7-10(9)14/h3-4,6-8,14H,2,5H2,1H3,(H,13,15). The molecule has 0 bridgehead atoms. The maximum atomic E-state index is 11.0. The highest BCUT2D eigenvalue weighted by molar-refractivity contribution is 5.84. The maximum Gasteiger partial charge on any atom is 0.240 e. The van der Waals surface area contributed by atoms with Gasteiger partial charge in [-0.15, -0.1) is 0 Å². The Balaban J connectivity index is 2.52. The van der Waals surface area contributed by atoms with Crippen LogP contribution in [0.25, 0.3) is 0 Å². The highest BCUT2D eigenvalue weighted by Gasteiger charge is 1.97. The predicted molar refractivity (Wildman–Crippen MR) is 58.8 cm³/mol. The van der Waals surface area contributed by atoms with Gasteiger partial charge in [0.1, 0.15) is 5.75 Å². The number of nitrogens with one attached hydrogen (secondary N) is 1. The summed E-state index contributed by atoms with van der Waals surface area (Å²) in [5.41, 5.74) is 2.96.